The van der Waals surface area contributed by atoms with Gasteiger partial charge in [0, 0.05) is 6.07 Å². The first-order chi connectivity index (χ1) is 8.25. The third kappa shape index (κ3) is 2.60. The predicted molar refractivity (Wildman–Crippen MR) is 56.4 cm³/mol. The Bertz CT molecular complexity index is 503. The van der Waals surface area contributed by atoms with Crippen molar-refractivity contribution in [3.63, 3.8) is 0 Å². The maximum Gasteiger partial charge on any atom is 0.335 e. The summed E-state index contributed by atoms with van der Waals surface area (Å²) in [5.41, 5.74) is -0.892. The lowest BCUT2D eigenvalue weighted by molar-refractivity contribution is -0.387. The standard InChI is InChI=1S/C10H10FNO6/c1-4-2-7(12(17)18)6(11)3-5(4)8(13)9(14)10(15)16/h2-3,8-9,13-14H,1H3,(H,15,16). The molecule has 0 aliphatic carbocycles. The van der Waals surface area contributed by atoms with Crippen molar-refractivity contribution in [3.8, 4) is 0 Å². The number of carboxylic acids is 1. The Labute approximate surface area is 100 Å². The topological polar surface area (TPSA) is 121 Å². The van der Waals surface area contributed by atoms with Crippen LogP contribution in [0, 0.1) is 22.9 Å². The number of halogens is 1. The van der Waals surface area contributed by atoms with E-state index in [1.165, 1.54) is 6.92 Å². The lowest BCUT2D eigenvalue weighted by Crippen LogP contribution is -2.28. The Morgan fingerprint density at radius 3 is 2.44 bits per heavy atom. The third-order valence-corrected chi connectivity index (χ3v) is 2.40. The molecule has 98 valence electrons. The zero-order valence-electron chi connectivity index (χ0n) is 9.20. The molecule has 0 spiro atoms. The summed E-state index contributed by atoms with van der Waals surface area (Å²) in [7, 11) is 0. The molecule has 0 bridgehead atoms. The molecule has 1 rings (SSSR count). The van der Waals surface area contributed by atoms with Crippen LogP contribution in [0.1, 0.15) is 17.2 Å². The average Bonchev–Trinajstić information content (AvgIpc) is 2.29. The molecule has 2 atom stereocenters. The molecule has 0 aliphatic rings. The van der Waals surface area contributed by atoms with Crippen LogP contribution in [-0.2, 0) is 4.79 Å². The summed E-state index contributed by atoms with van der Waals surface area (Å²) in [6.45, 7) is 1.33. The molecule has 1 aromatic rings. The van der Waals surface area contributed by atoms with Crippen LogP contribution in [0.15, 0.2) is 12.1 Å². The number of carboxylic acid groups (broad SMARTS) is 1. The average molecular weight is 259 g/mol. The van der Waals surface area contributed by atoms with Gasteiger partial charge < -0.3 is 15.3 Å². The lowest BCUT2D eigenvalue weighted by atomic mass is 9.98. The number of hydrogen-bond acceptors (Lipinski definition) is 5. The highest BCUT2D eigenvalue weighted by Crippen LogP contribution is 2.27. The largest absolute Gasteiger partial charge is 0.479 e. The van der Waals surface area contributed by atoms with E-state index < -0.39 is 34.6 Å². The van der Waals surface area contributed by atoms with Gasteiger partial charge in [0.15, 0.2) is 6.10 Å². The zero-order valence-corrected chi connectivity index (χ0v) is 9.20. The molecule has 0 saturated carbocycles. The highest BCUT2D eigenvalue weighted by Gasteiger charge is 2.28. The van der Waals surface area contributed by atoms with E-state index in [1.807, 2.05) is 0 Å². The van der Waals surface area contributed by atoms with Crippen LogP contribution in [0.5, 0.6) is 0 Å². The van der Waals surface area contributed by atoms with Gasteiger partial charge in [-0.15, -0.1) is 0 Å². The Morgan fingerprint density at radius 1 is 1.44 bits per heavy atom. The van der Waals surface area contributed by atoms with Gasteiger partial charge in [0.05, 0.1) is 4.92 Å². The minimum Gasteiger partial charge on any atom is -0.479 e. The van der Waals surface area contributed by atoms with E-state index in [9.17, 15) is 24.4 Å². The van der Waals surface area contributed by atoms with Crippen molar-refractivity contribution in [2.75, 3.05) is 0 Å². The first-order valence-electron chi connectivity index (χ1n) is 4.79. The van der Waals surface area contributed by atoms with E-state index in [0.29, 0.717) is 6.07 Å². The van der Waals surface area contributed by atoms with Crippen molar-refractivity contribution in [2.45, 2.75) is 19.1 Å². The van der Waals surface area contributed by atoms with E-state index >= 15 is 0 Å². The summed E-state index contributed by atoms with van der Waals surface area (Å²) in [4.78, 5) is 20.0. The monoisotopic (exact) mass is 259 g/mol. The normalized spacial score (nSPS) is 14.0. The second kappa shape index (κ2) is 5.07. The van der Waals surface area contributed by atoms with Crippen LogP contribution in [0.3, 0.4) is 0 Å². The van der Waals surface area contributed by atoms with Crippen LogP contribution in [0.25, 0.3) is 0 Å². The fourth-order valence-corrected chi connectivity index (χ4v) is 1.45. The van der Waals surface area contributed by atoms with Gasteiger partial charge in [0.25, 0.3) is 0 Å². The predicted octanol–water partition coefficient (Wildman–Crippen LogP) is 0.521. The van der Waals surface area contributed by atoms with E-state index in [-0.39, 0.29) is 11.1 Å². The molecule has 0 radical (unpaired) electrons. The summed E-state index contributed by atoms with van der Waals surface area (Å²) in [5, 5.41) is 37.6. The van der Waals surface area contributed by atoms with Gasteiger partial charge in [-0.2, -0.15) is 4.39 Å². The summed E-state index contributed by atoms with van der Waals surface area (Å²) < 4.78 is 13.3. The molecular formula is C10H10FNO6. The zero-order chi connectivity index (χ0) is 14.0. The number of nitro groups is 1. The number of rotatable bonds is 4. The number of aryl methyl sites for hydroxylation is 1. The van der Waals surface area contributed by atoms with Gasteiger partial charge in [0.2, 0.25) is 5.82 Å². The van der Waals surface area contributed by atoms with Crippen molar-refractivity contribution < 1.29 is 29.4 Å². The molecule has 0 aliphatic heterocycles. The Balaban J connectivity index is 3.23. The smallest absolute Gasteiger partial charge is 0.335 e. The van der Waals surface area contributed by atoms with Crippen molar-refractivity contribution in [1.29, 1.82) is 0 Å². The number of aliphatic carboxylic acids is 1. The summed E-state index contributed by atoms with van der Waals surface area (Å²) in [6, 6.07) is 1.51. The molecule has 0 aromatic heterocycles. The number of nitrogens with zero attached hydrogens (tertiary/aromatic N) is 1. The number of nitro benzene ring substituents is 1. The van der Waals surface area contributed by atoms with E-state index in [0.717, 1.165) is 6.07 Å². The second-order valence-electron chi connectivity index (χ2n) is 3.65. The molecule has 1 aromatic carbocycles. The minimum absolute atomic E-state index is 0.107. The molecule has 0 fully saturated rings. The molecule has 0 amide bonds. The molecule has 2 unspecified atom stereocenters. The fraction of sp³-hybridized carbons (Fsp3) is 0.300. The number of aliphatic hydroxyl groups is 2. The Hall–Kier alpha value is -2.06. The number of carbonyl (C=O) groups is 1. The number of aliphatic hydroxyl groups excluding tert-OH is 2. The van der Waals surface area contributed by atoms with E-state index in [2.05, 4.69) is 0 Å². The minimum atomic E-state index is -2.13. The first kappa shape index (κ1) is 14.0. The molecule has 8 heteroatoms. The SMILES string of the molecule is Cc1cc([N+](=O)[O-])c(F)cc1C(O)C(O)C(=O)O. The maximum absolute atomic E-state index is 13.3. The highest BCUT2D eigenvalue weighted by atomic mass is 19.1. The van der Waals surface area contributed by atoms with Gasteiger partial charge in [-0.25, -0.2) is 4.79 Å². The summed E-state index contributed by atoms with van der Waals surface area (Å²) >= 11 is 0. The fourth-order valence-electron chi connectivity index (χ4n) is 1.45. The van der Waals surface area contributed by atoms with Gasteiger partial charge in [-0.05, 0) is 24.1 Å². The molecule has 18 heavy (non-hydrogen) atoms. The van der Waals surface area contributed by atoms with Gasteiger partial charge in [-0.1, -0.05) is 0 Å². The molecule has 0 heterocycles. The van der Waals surface area contributed by atoms with Gasteiger partial charge in [-0.3, -0.25) is 10.1 Å². The van der Waals surface area contributed by atoms with Crippen LogP contribution >= 0.6 is 0 Å². The molecular weight excluding hydrogens is 249 g/mol. The number of benzene rings is 1. The van der Waals surface area contributed by atoms with Gasteiger partial charge >= 0.3 is 11.7 Å². The first-order valence-corrected chi connectivity index (χ1v) is 4.79. The molecule has 3 N–H and O–H groups in total. The van der Waals surface area contributed by atoms with Crippen LogP contribution in [0.4, 0.5) is 10.1 Å². The summed E-state index contributed by atoms with van der Waals surface area (Å²) in [5.74, 6) is -2.89. The second-order valence-corrected chi connectivity index (χ2v) is 3.65. The van der Waals surface area contributed by atoms with E-state index in [1.54, 1.807) is 0 Å². The molecule has 7 nitrogen and oxygen atoms in total. The molecule has 0 saturated heterocycles. The quantitative estimate of drug-likeness (QED) is 0.535. The number of hydrogen-bond donors (Lipinski definition) is 3. The van der Waals surface area contributed by atoms with Gasteiger partial charge in [0.1, 0.15) is 6.10 Å². The van der Waals surface area contributed by atoms with Crippen molar-refractivity contribution >= 4 is 11.7 Å². The van der Waals surface area contributed by atoms with Crippen LogP contribution in [-0.4, -0.2) is 32.3 Å². The summed E-state index contributed by atoms with van der Waals surface area (Å²) in [6.07, 6.45) is -4.00. The Kier molecular flexibility index (Phi) is 3.94. The Morgan fingerprint density at radius 2 is 2.00 bits per heavy atom. The lowest BCUT2D eigenvalue weighted by Gasteiger charge is -2.16. The van der Waals surface area contributed by atoms with Crippen LogP contribution < -0.4 is 0 Å². The van der Waals surface area contributed by atoms with Crippen molar-refractivity contribution in [1.82, 2.24) is 0 Å². The highest BCUT2D eigenvalue weighted by molar-refractivity contribution is 5.73. The van der Waals surface area contributed by atoms with Crippen LogP contribution in [0.2, 0.25) is 0 Å². The maximum atomic E-state index is 13.3. The van der Waals surface area contributed by atoms with Crippen molar-refractivity contribution in [3.05, 3.63) is 39.2 Å². The third-order valence-electron chi connectivity index (χ3n) is 2.40. The van der Waals surface area contributed by atoms with Crippen molar-refractivity contribution in [2.24, 2.45) is 0 Å². The van der Waals surface area contributed by atoms with E-state index in [4.69, 9.17) is 10.2 Å².